The summed E-state index contributed by atoms with van der Waals surface area (Å²) in [6, 6.07) is 3.65. The molecule has 2 aliphatic rings. The fourth-order valence-corrected chi connectivity index (χ4v) is 2.38. The van der Waals surface area contributed by atoms with Crippen LogP contribution >= 0.6 is 11.6 Å². The van der Waals surface area contributed by atoms with E-state index in [9.17, 15) is 5.11 Å². The van der Waals surface area contributed by atoms with Crippen LogP contribution in [0.3, 0.4) is 0 Å². The Labute approximate surface area is 105 Å². The SMILES string of the molecule is OC(c1cc(Cl)c2c(c1)OCCCO2)C1CC1. The average Bonchev–Trinajstić information content (AvgIpc) is 3.14. The Morgan fingerprint density at radius 1 is 1.24 bits per heavy atom. The molecule has 3 rings (SSSR count). The highest BCUT2D eigenvalue weighted by Gasteiger charge is 2.32. The fraction of sp³-hybridized carbons (Fsp3) is 0.538. The molecule has 1 saturated carbocycles. The highest BCUT2D eigenvalue weighted by Crippen LogP contribution is 2.45. The van der Waals surface area contributed by atoms with Crippen LogP contribution in [0.25, 0.3) is 0 Å². The molecule has 1 aromatic carbocycles. The second kappa shape index (κ2) is 4.39. The molecule has 0 spiro atoms. The number of aliphatic hydroxyl groups is 1. The van der Waals surface area contributed by atoms with Gasteiger partial charge in [-0.1, -0.05) is 11.6 Å². The lowest BCUT2D eigenvalue weighted by Crippen LogP contribution is -2.01. The van der Waals surface area contributed by atoms with E-state index >= 15 is 0 Å². The molecule has 0 aromatic heterocycles. The van der Waals surface area contributed by atoms with Gasteiger partial charge in [-0.2, -0.15) is 0 Å². The van der Waals surface area contributed by atoms with Crippen molar-refractivity contribution in [2.45, 2.75) is 25.4 Å². The molecular formula is C13H15ClO3. The molecule has 1 atom stereocenters. The van der Waals surface area contributed by atoms with Crippen molar-refractivity contribution in [3.05, 3.63) is 22.7 Å². The van der Waals surface area contributed by atoms with E-state index in [1.165, 1.54) is 0 Å². The van der Waals surface area contributed by atoms with Gasteiger partial charge in [0.1, 0.15) is 0 Å². The van der Waals surface area contributed by atoms with Crippen LogP contribution in [0.4, 0.5) is 0 Å². The fourth-order valence-electron chi connectivity index (χ4n) is 2.11. The molecule has 0 bridgehead atoms. The summed E-state index contributed by atoms with van der Waals surface area (Å²) in [5.74, 6) is 1.65. The van der Waals surface area contributed by atoms with E-state index in [4.69, 9.17) is 21.1 Å². The summed E-state index contributed by atoms with van der Waals surface area (Å²) in [4.78, 5) is 0. The van der Waals surface area contributed by atoms with Crippen LogP contribution < -0.4 is 9.47 Å². The predicted molar refractivity (Wildman–Crippen MR) is 64.7 cm³/mol. The topological polar surface area (TPSA) is 38.7 Å². The lowest BCUT2D eigenvalue weighted by Gasteiger charge is -2.14. The van der Waals surface area contributed by atoms with Crippen molar-refractivity contribution in [3.8, 4) is 11.5 Å². The molecular weight excluding hydrogens is 240 g/mol. The Balaban J connectivity index is 1.96. The zero-order chi connectivity index (χ0) is 11.8. The van der Waals surface area contributed by atoms with Gasteiger partial charge >= 0.3 is 0 Å². The minimum Gasteiger partial charge on any atom is -0.489 e. The summed E-state index contributed by atoms with van der Waals surface area (Å²) < 4.78 is 11.2. The maximum absolute atomic E-state index is 10.1. The van der Waals surface area contributed by atoms with Crippen LogP contribution in [0.15, 0.2) is 12.1 Å². The van der Waals surface area contributed by atoms with Crippen LogP contribution in [0, 0.1) is 5.92 Å². The number of benzene rings is 1. The summed E-state index contributed by atoms with van der Waals surface area (Å²) in [6.45, 7) is 1.25. The van der Waals surface area contributed by atoms with Crippen LogP contribution in [-0.4, -0.2) is 18.3 Å². The van der Waals surface area contributed by atoms with Crippen molar-refractivity contribution >= 4 is 11.6 Å². The highest BCUT2D eigenvalue weighted by molar-refractivity contribution is 6.32. The molecule has 0 radical (unpaired) electrons. The monoisotopic (exact) mass is 254 g/mol. The number of hydrogen-bond acceptors (Lipinski definition) is 3. The summed E-state index contributed by atoms with van der Waals surface area (Å²) >= 11 is 6.17. The summed E-state index contributed by atoms with van der Waals surface area (Å²) in [7, 11) is 0. The Bertz CT molecular complexity index is 429. The standard InChI is InChI=1S/C13H15ClO3/c14-10-6-9(12(15)8-2-3-8)7-11-13(10)17-5-1-4-16-11/h6-8,12,15H,1-5H2. The van der Waals surface area contributed by atoms with Gasteiger partial charge in [-0.15, -0.1) is 0 Å². The largest absolute Gasteiger partial charge is 0.489 e. The predicted octanol–water partition coefficient (Wildman–Crippen LogP) is 2.94. The molecule has 1 fully saturated rings. The highest BCUT2D eigenvalue weighted by atomic mass is 35.5. The Hall–Kier alpha value is -0.930. The molecule has 1 heterocycles. The molecule has 0 saturated heterocycles. The number of ether oxygens (including phenoxy) is 2. The zero-order valence-electron chi connectivity index (χ0n) is 9.49. The molecule has 1 aliphatic heterocycles. The second-order valence-electron chi connectivity index (χ2n) is 4.66. The summed E-state index contributed by atoms with van der Waals surface area (Å²) in [5, 5.41) is 10.6. The van der Waals surface area contributed by atoms with Crippen molar-refractivity contribution < 1.29 is 14.6 Å². The molecule has 3 nitrogen and oxygen atoms in total. The first-order valence-corrected chi connectivity index (χ1v) is 6.40. The molecule has 4 heteroatoms. The van der Waals surface area contributed by atoms with Gasteiger partial charge in [0.25, 0.3) is 0 Å². The molecule has 92 valence electrons. The van der Waals surface area contributed by atoms with Gasteiger partial charge in [-0.05, 0) is 36.5 Å². The van der Waals surface area contributed by atoms with Gasteiger partial charge in [0, 0.05) is 6.42 Å². The van der Waals surface area contributed by atoms with Gasteiger partial charge < -0.3 is 14.6 Å². The molecule has 1 aliphatic carbocycles. The van der Waals surface area contributed by atoms with Crippen LogP contribution in [-0.2, 0) is 0 Å². The number of aliphatic hydroxyl groups excluding tert-OH is 1. The van der Waals surface area contributed by atoms with Gasteiger partial charge in [-0.3, -0.25) is 0 Å². The number of fused-ring (bicyclic) bond motifs is 1. The van der Waals surface area contributed by atoms with Crippen molar-refractivity contribution in [1.29, 1.82) is 0 Å². The van der Waals surface area contributed by atoms with E-state index in [1.807, 2.05) is 6.07 Å². The van der Waals surface area contributed by atoms with Crippen LogP contribution in [0.1, 0.15) is 30.9 Å². The van der Waals surface area contributed by atoms with Gasteiger partial charge in [0.2, 0.25) is 0 Å². The van der Waals surface area contributed by atoms with E-state index in [0.29, 0.717) is 35.7 Å². The van der Waals surface area contributed by atoms with Crippen molar-refractivity contribution in [2.24, 2.45) is 5.92 Å². The first-order chi connectivity index (χ1) is 8.25. The molecule has 1 aromatic rings. The first-order valence-electron chi connectivity index (χ1n) is 6.03. The van der Waals surface area contributed by atoms with E-state index in [0.717, 1.165) is 24.8 Å². The number of halogens is 1. The van der Waals surface area contributed by atoms with Crippen molar-refractivity contribution in [1.82, 2.24) is 0 Å². The first kappa shape index (κ1) is 11.2. The summed E-state index contributed by atoms with van der Waals surface area (Å²) in [5.41, 5.74) is 0.835. The third-order valence-electron chi connectivity index (χ3n) is 3.23. The van der Waals surface area contributed by atoms with Gasteiger partial charge in [0.05, 0.1) is 24.3 Å². The molecule has 1 unspecified atom stereocenters. The minimum atomic E-state index is -0.426. The van der Waals surface area contributed by atoms with E-state index < -0.39 is 6.10 Å². The maximum Gasteiger partial charge on any atom is 0.179 e. The minimum absolute atomic E-state index is 0.385. The van der Waals surface area contributed by atoms with Gasteiger partial charge in [-0.25, -0.2) is 0 Å². The molecule has 1 N–H and O–H groups in total. The summed E-state index contributed by atoms with van der Waals surface area (Å²) in [6.07, 6.45) is 2.61. The van der Waals surface area contributed by atoms with Crippen LogP contribution in [0.5, 0.6) is 11.5 Å². The normalized spacial score (nSPS) is 20.8. The zero-order valence-corrected chi connectivity index (χ0v) is 10.2. The van der Waals surface area contributed by atoms with Crippen molar-refractivity contribution in [3.63, 3.8) is 0 Å². The average molecular weight is 255 g/mol. The van der Waals surface area contributed by atoms with Crippen LogP contribution in [0.2, 0.25) is 5.02 Å². The third-order valence-corrected chi connectivity index (χ3v) is 3.52. The second-order valence-corrected chi connectivity index (χ2v) is 5.07. The van der Waals surface area contributed by atoms with Gasteiger partial charge in [0.15, 0.2) is 11.5 Å². The van der Waals surface area contributed by atoms with E-state index in [-0.39, 0.29) is 0 Å². The number of hydrogen-bond donors (Lipinski definition) is 1. The van der Waals surface area contributed by atoms with E-state index in [1.54, 1.807) is 6.07 Å². The van der Waals surface area contributed by atoms with E-state index in [2.05, 4.69) is 0 Å². The number of rotatable bonds is 2. The Kier molecular flexibility index (Phi) is 2.89. The molecule has 17 heavy (non-hydrogen) atoms. The Morgan fingerprint density at radius 3 is 2.76 bits per heavy atom. The quantitative estimate of drug-likeness (QED) is 0.882. The maximum atomic E-state index is 10.1. The third kappa shape index (κ3) is 2.22. The smallest absolute Gasteiger partial charge is 0.179 e. The Morgan fingerprint density at radius 2 is 2.00 bits per heavy atom. The molecule has 0 amide bonds. The van der Waals surface area contributed by atoms with Crippen molar-refractivity contribution in [2.75, 3.05) is 13.2 Å². The lowest BCUT2D eigenvalue weighted by atomic mass is 10.0. The lowest BCUT2D eigenvalue weighted by molar-refractivity contribution is 0.153.